The molecule has 0 saturated carbocycles. The molecule has 8 nitrogen and oxygen atoms in total. The zero-order valence-electron chi connectivity index (χ0n) is 16.0. The molecule has 2 heterocycles. The molecule has 1 aliphatic rings. The van der Waals surface area contributed by atoms with Gasteiger partial charge in [0.1, 0.15) is 11.5 Å². The van der Waals surface area contributed by atoms with E-state index in [-0.39, 0.29) is 5.91 Å². The Hall–Kier alpha value is -2.61. The normalized spacial score (nSPS) is 17.5. The Bertz CT molecular complexity index is 755. The number of hydrogen-bond donors (Lipinski definition) is 1. The molecular weight excluding hydrogens is 348 g/mol. The molecule has 8 heteroatoms. The van der Waals surface area contributed by atoms with Gasteiger partial charge >= 0.3 is 0 Å². The van der Waals surface area contributed by atoms with E-state index in [1.807, 2.05) is 6.92 Å². The summed E-state index contributed by atoms with van der Waals surface area (Å²) < 4.78 is 15.7. The van der Waals surface area contributed by atoms with Gasteiger partial charge in [-0.1, -0.05) is 5.16 Å². The number of aryl methyl sites for hydroxylation is 1. The average Bonchev–Trinajstić information content (AvgIpc) is 3.10. The summed E-state index contributed by atoms with van der Waals surface area (Å²) in [6.07, 6.45) is 2.17. The Morgan fingerprint density at radius 3 is 2.67 bits per heavy atom. The van der Waals surface area contributed by atoms with Gasteiger partial charge in [0, 0.05) is 24.7 Å². The number of carbonyl (C=O) groups excluding carboxylic acids is 1. The third-order valence-corrected chi connectivity index (χ3v) is 4.70. The SMILES string of the molecule is COc1cc(OC)cc(C(=O)NCC2CCCN(Cc3nc(C)no3)C2)c1. The van der Waals surface area contributed by atoms with Gasteiger partial charge in [0.05, 0.1) is 20.8 Å². The second-order valence-corrected chi connectivity index (χ2v) is 6.79. The molecular formula is C19H26N4O4. The number of nitrogens with one attached hydrogen (secondary N) is 1. The van der Waals surface area contributed by atoms with Gasteiger partial charge in [0.2, 0.25) is 5.89 Å². The summed E-state index contributed by atoms with van der Waals surface area (Å²) in [5.74, 6) is 2.74. The van der Waals surface area contributed by atoms with Crippen molar-refractivity contribution in [2.24, 2.45) is 5.92 Å². The molecule has 3 rings (SSSR count). The minimum absolute atomic E-state index is 0.128. The molecule has 1 unspecified atom stereocenters. The average molecular weight is 374 g/mol. The highest BCUT2D eigenvalue weighted by molar-refractivity contribution is 5.95. The minimum Gasteiger partial charge on any atom is -0.497 e. The van der Waals surface area contributed by atoms with Gasteiger partial charge in [-0.3, -0.25) is 9.69 Å². The lowest BCUT2D eigenvalue weighted by Crippen LogP contribution is -2.40. The van der Waals surface area contributed by atoms with E-state index in [0.29, 0.717) is 47.8 Å². The quantitative estimate of drug-likeness (QED) is 0.793. The van der Waals surface area contributed by atoms with Crippen LogP contribution in [-0.4, -0.2) is 54.8 Å². The third kappa shape index (κ3) is 5.19. The van der Waals surface area contributed by atoms with Crippen LogP contribution in [0.1, 0.15) is 34.9 Å². The number of ether oxygens (including phenoxy) is 2. The summed E-state index contributed by atoms with van der Waals surface area (Å²) in [5, 5.41) is 6.86. The number of hydrogen-bond acceptors (Lipinski definition) is 7. The summed E-state index contributed by atoms with van der Waals surface area (Å²) >= 11 is 0. The Kier molecular flexibility index (Phi) is 6.28. The summed E-state index contributed by atoms with van der Waals surface area (Å²) in [4.78, 5) is 19.1. The number of carbonyl (C=O) groups is 1. The molecule has 0 bridgehead atoms. The second-order valence-electron chi connectivity index (χ2n) is 6.79. The van der Waals surface area contributed by atoms with Crippen LogP contribution < -0.4 is 14.8 Å². The highest BCUT2D eigenvalue weighted by Gasteiger charge is 2.22. The van der Waals surface area contributed by atoms with Crippen LogP contribution in [0.3, 0.4) is 0 Å². The van der Waals surface area contributed by atoms with Crippen molar-refractivity contribution in [1.82, 2.24) is 20.4 Å². The van der Waals surface area contributed by atoms with Crippen molar-refractivity contribution in [2.75, 3.05) is 33.9 Å². The van der Waals surface area contributed by atoms with Gasteiger partial charge < -0.3 is 19.3 Å². The number of piperidine rings is 1. The van der Waals surface area contributed by atoms with Gasteiger partial charge in [-0.15, -0.1) is 0 Å². The first-order chi connectivity index (χ1) is 13.1. The number of rotatable bonds is 7. The highest BCUT2D eigenvalue weighted by Crippen LogP contribution is 2.23. The Morgan fingerprint density at radius 2 is 2.04 bits per heavy atom. The van der Waals surface area contributed by atoms with E-state index in [2.05, 4.69) is 20.4 Å². The maximum absolute atomic E-state index is 12.5. The maximum atomic E-state index is 12.5. The number of aromatic nitrogens is 2. The van der Waals surface area contributed by atoms with Crippen molar-refractivity contribution < 1.29 is 18.8 Å². The smallest absolute Gasteiger partial charge is 0.251 e. The highest BCUT2D eigenvalue weighted by atomic mass is 16.5. The molecule has 1 N–H and O–H groups in total. The standard InChI is InChI=1S/C19H26N4O4/c1-13-21-18(27-22-13)12-23-6-4-5-14(11-23)10-20-19(24)15-7-16(25-2)9-17(8-15)26-3/h7-9,14H,4-6,10-12H2,1-3H3,(H,20,24). The maximum Gasteiger partial charge on any atom is 0.251 e. The lowest BCUT2D eigenvalue weighted by molar-refractivity contribution is 0.0926. The van der Waals surface area contributed by atoms with Gasteiger partial charge in [0.15, 0.2) is 5.82 Å². The largest absolute Gasteiger partial charge is 0.497 e. The van der Waals surface area contributed by atoms with Crippen LogP contribution in [0.25, 0.3) is 0 Å². The van der Waals surface area contributed by atoms with Crippen LogP contribution in [0.2, 0.25) is 0 Å². The first kappa shape index (κ1) is 19.2. The van der Waals surface area contributed by atoms with Crippen LogP contribution in [0.15, 0.2) is 22.7 Å². The zero-order valence-corrected chi connectivity index (χ0v) is 16.0. The van der Waals surface area contributed by atoms with Crippen molar-refractivity contribution in [3.8, 4) is 11.5 Å². The predicted octanol–water partition coefficient (Wildman–Crippen LogP) is 2.04. The molecule has 27 heavy (non-hydrogen) atoms. The van der Waals surface area contributed by atoms with Crippen LogP contribution in [0, 0.1) is 12.8 Å². The van der Waals surface area contributed by atoms with Gasteiger partial charge in [-0.2, -0.15) is 4.98 Å². The molecule has 1 atom stereocenters. The monoisotopic (exact) mass is 374 g/mol. The van der Waals surface area contributed by atoms with Crippen molar-refractivity contribution in [1.29, 1.82) is 0 Å². The Morgan fingerprint density at radius 1 is 1.30 bits per heavy atom. The van der Waals surface area contributed by atoms with Gasteiger partial charge in [0.25, 0.3) is 5.91 Å². The van der Waals surface area contributed by atoms with E-state index in [1.165, 1.54) is 0 Å². The van der Waals surface area contributed by atoms with Gasteiger partial charge in [-0.05, 0) is 44.4 Å². The van der Waals surface area contributed by atoms with Crippen LogP contribution >= 0.6 is 0 Å². The van der Waals surface area contributed by atoms with Crippen LogP contribution in [0.4, 0.5) is 0 Å². The summed E-state index contributed by atoms with van der Waals surface area (Å²) in [5.41, 5.74) is 0.528. The minimum atomic E-state index is -0.128. The molecule has 0 radical (unpaired) electrons. The number of benzene rings is 1. The van der Waals surface area contributed by atoms with E-state index in [0.717, 1.165) is 25.9 Å². The van der Waals surface area contributed by atoms with Crippen molar-refractivity contribution in [3.63, 3.8) is 0 Å². The fourth-order valence-electron chi connectivity index (χ4n) is 3.33. The predicted molar refractivity (Wildman–Crippen MR) is 98.9 cm³/mol. The lowest BCUT2D eigenvalue weighted by atomic mass is 9.98. The second kappa shape index (κ2) is 8.85. The van der Waals surface area contributed by atoms with Crippen molar-refractivity contribution in [2.45, 2.75) is 26.3 Å². The molecule has 1 aliphatic heterocycles. The Balaban J connectivity index is 1.53. The molecule has 146 valence electrons. The molecule has 1 aromatic heterocycles. The topological polar surface area (TPSA) is 89.7 Å². The first-order valence-electron chi connectivity index (χ1n) is 9.10. The number of methoxy groups -OCH3 is 2. The lowest BCUT2D eigenvalue weighted by Gasteiger charge is -2.31. The molecule has 1 aromatic carbocycles. The molecule has 0 spiro atoms. The molecule has 1 fully saturated rings. The molecule has 1 amide bonds. The van der Waals surface area contributed by atoms with E-state index >= 15 is 0 Å². The van der Waals surface area contributed by atoms with Gasteiger partial charge in [-0.25, -0.2) is 0 Å². The van der Waals surface area contributed by atoms with Crippen LogP contribution in [-0.2, 0) is 6.54 Å². The summed E-state index contributed by atoms with van der Waals surface area (Å²) in [7, 11) is 3.13. The fourth-order valence-corrected chi connectivity index (χ4v) is 3.33. The van der Waals surface area contributed by atoms with E-state index in [4.69, 9.17) is 14.0 Å². The zero-order chi connectivity index (χ0) is 19.2. The summed E-state index contributed by atoms with van der Waals surface area (Å²) in [6, 6.07) is 5.17. The first-order valence-corrected chi connectivity index (χ1v) is 9.10. The molecule has 2 aromatic rings. The van der Waals surface area contributed by atoms with Crippen molar-refractivity contribution in [3.05, 3.63) is 35.5 Å². The fraction of sp³-hybridized carbons (Fsp3) is 0.526. The summed E-state index contributed by atoms with van der Waals surface area (Å²) in [6.45, 7) is 4.98. The number of amides is 1. The van der Waals surface area contributed by atoms with E-state index in [1.54, 1.807) is 32.4 Å². The molecule has 0 aliphatic carbocycles. The van der Waals surface area contributed by atoms with Crippen molar-refractivity contribution >= 4 is 5.91 Å². The van der Waals surface area contributed by atoms with E-state index < -0.39 is 0 Å². The third-order valence-electron chi connectivity index (χ3n) is 4.70. The van der Waals surface area contributed by atoms with Crippen LogP contribution in [0.5, 0.6) is 11.5 Å². The molecule has 1 saturated heterocycles. The van der Waals surface area contributed by atoms with E-state index in [9.17, 15) is 4.79 Å². The number of nitrogens with zero attached hydrogens (tertiary/aromatic N) is 3. The number of likely N-dealkylation sites (tertiary alicyclic amines) is 1. The Labute approximate surface area is 158 Å².